The molecule has 0 atom stereocenters. The van der Waals surface area contributed by atoms with Crippen molar-refractivity contribution in [2.45, 2.75) is 0 Å². The first kappa shape index (κ1) is 6.33. The molecule has 0 aromatic carbocycles. The van der Waals surface area contributed by atoms with E-state index in [1.54, 1.807) is 4.99 Å². The van der Waals surface area contributed by atoms with Crippen molar-refractivity contribution in [3.63, 3.8) is 0 Å². The second-order valence-electron chi connectivity index (χ2n) is 1.43. The zero-order valence-corrected chi connectivity index (χ0v) is 5.93. The van der Waals surface area contributed by atoms with Crippen molar-refractivity contribution >= 4 is 23.0 Å². The molecule has 0 aromatic rings. The summed E-state index contributed by atoms with van der Waals surface area (Å²) in [5.41, 5.74) is 0. The van der Waals surface area contributed by atoms with Gasteiger partial charge in [0.05, 0.1) is 13.2 Å². The van der Waals surface area contributed by atoms with Gasteiger partial charge in [0.1, 0.15) is 0 Å². The van der Waals surface area contributed by atoms with Crippen LogP contribution in [-0.2, 0) is 9.31 Å². The predicted molar refractivity (Wildman–Crippen MR) is 35.7 cm³/mol. The Morgan fingerprint density at radius 1 is 1.38 bits per heavy atom. The third-order valence-electron chi connectivity index (χ3n) is 0.877. The smallest absolute Gasteiger partial charge is 0.405 e. The van der Waals surface area contributed by atoms with Crippen molar-refractivity contribution in [2.24, 2.45) is 0 Å². The summed E-state index contributed by atoms with van der Waals surface area (Å²) in [4.78, 5) is 1.74. The molecule has 0 radical (unpaired) electrons. The van der Waals surface area contributed by atoms with E-state index in [0.29, 0.717) is 13.2 Å². The van der Waals surface area contributed by atoms with Gasteiger partial charge in [-0.15, -0.1) is 0 Å². The van der Waals surface area contributed by atoms with Gasteiger partial charge < -0.3 is 9.31 Å². The lowest BCUT2D eigenvalue weighted by Crippen LogP contribution is -2.08. The maximum atomic E-state index is 5.05. The molecular weight excluding hydrogens is 171 g/mol. The van der Waals surface area contributed by atoms with E-state index in [9.17, 15) is 0 Å². The fourth-order valence-corrected chi connectivity index (χ4v) is 0.796. The van der Waals surface area contributed by atoms with Crippen LogP contribution in [0.2, 0.25) is 0 Å². The first-order valence-electron chi connectivity index (χ1n) is 2.43. The molecule has 0 aromatic heterocycles. The van der Waals surface area contributed by atoms with Gasteiger partial charge in [-0.1, -0.05) is 15.9 Å². The lowest BCUT2D eigenvalue weighted by atomic mass is 9.92. The van der Waals surface area contributed by atoms with Crippen LogP contribution in [0.1, 0.15) is 0 Å². The molecule has 44 valence electrons. The average molecular weight is 177 g/mol. The molecule has 4 heteroatoms. The van der Waals surface area contributed by atoms with Crippen LogP contribution in [0.15, 0.2) is 11.0 Å². The zero-order valence-electron chi connectivity index (χ0n) is 4.34. The van der Waals surface area contributed by atoms with Crippen LogP contribution in [0.25, 0.3) is 0 Å². The Morgan fingerprint density at radius 3 is 2.50 bits per heavy atom. The molecule has 8 heavy (non-hydrogen) atoms. The molecule has 0 saturated carbocycles. The van der Waals surface area contributed by atoms with Crippen LogP contribution in [-0.4, -0.2) is 20.3 Å². The Balaban J connectivity index is 2.24. The molecule has 1 heterocycles. The second-order valence-corrected chi connectivity index (χ2v) is 1.96. The van der Waals surface area contributed by atoms with Gasteiger partial charge in [-0.05, 0) is 11.0 Å². The Morgan fingerprint density at radius 2 is 2.00 bits per heavy atom. The minimum atomic E-state index is -0.116. The van der Waals surface area contributed by atoms with Crippen molar-refractivity contribution in [1.82, 2.24) is 0 Å². The SMILES string of the molecule is BrC=CB1OCCO1. The molecule has 0 spiro atoms. The largest absolute Gasteiger partial charge is 0.486 e. The topological polar surface area (TPSA) is 18.5 Å². The van der Waals surface area contributed by atoms with E-state index in [0.717, 1.165) is 0 Å². The third kappa shape index (κ3) is 1.61. The van der Waals surface area contributed by atoms with Gasteiger partial charge in [0.2, 0.25) is 0 Å². The first-order valence-corrected chi connectivity index (χ1v) is 3.35. The highest BCUT2D eigenvalue weighted by atomic mass is 79.9. The predicted octanol–water partition coefficient (Wildman–Crippen LogP) is 0.969. The monoisotopic (exact) mass is 176 g/mol. The second kappa shape index (κ2) is 3.27. The fourth-order valence-electron chi connectivity index (χ4n) is 0.547. The molecule has 1 fully saturated rings. The van der Waals surface area contributed by atoms with Gasteiger partial charge in [0, 0.05) is 0 Å². The van der Waals surface area contributed by atoms with Crippen molar-refractivity contribution in [2.75, 3.05) is 13.2 Å². The summed E-state index contributed by atoms with van der Waals surface area (Å²) >= 11 is 3.12. The molecule has 1 rings (SSSR count). The summed E-state index contributed by atoms with van der Waals surface area (Å²) < 4.78 is 10.1. The molecule has 1 saturated heterocycles. The fraction of sp³-hybridized carbons (Fsp3) is 0.500. The average Bonchev–Trinajstić information content (AvgIpc) is 2.19. The Kier molecular flexibility index (Phi) is 2.59. The minimum Gasteiger partial charge on any atom is -0.405 e. The number of hydrogen-bond donors (Lipinski definition) is 0. The highest BCUT2D eigenvalue weighted by molar-refractivity contribution is 9.11. The molecular formula is C4H6BBrO2. The lowest BCUT2D eigenvalue weighted by Gasteiger charge is -1.91. The molecule has 0 unspecified atom stereocenters. The van der Waals surface area contributed by atoms with Gasteiger partial charge >= 0.3 is 7.12 Å². The molecule has 0 bridgehead atoms. The summed E-state index contributed by atoms with van der Waals surface area (Å²) in [6.07, 6.45) is 0. The van der Waals surface area contributed by atoms with Gasteiger partial charge in [0.15, 0.2) is 0 Å². The number of halogens is 1. The molecule has 0 N–H and O–H groups in total. The van der Waals surface area contributed by atoms with Gasteiger partial charge in [-0.2, -0.15) is 0 Å². The van der Waals surface area contributed by atoms with E-state index in [2.05, 4.69) is 15.9 Å². The van der Waals surface area contributed by atoms with Crippen LogP contribution < -0.4 is 0 Å². The van der Waals surface area contributed by atoms with Gasteiger partial charge in [-0.3, -0.25) is 0 Å². The number of hydrogen-bond acceptors (Lipinski definition) is 2. The highest BCUT2D eigenvalue weighted by Crippen LogP contribution is 2.00. The van der Waals surface area contributed by atoms with Crippen molar-refractivity contribution in [1.29, 1.82) is 0 Å². The maximum Gasteiger partial charge on any atom is 0.486 e. The van der Waals surface area contributed by atoms with Crippen LogP contribution in [0.3, 0.4) is 0 Å². The van der Waals surface area contributed by atoms with E-state index in [4.69, 9.17) is 9.31 Å². The number of rotatable bonds is 1. The Bertz CT molecular complexity index is 90.0. The van der Waals surface area contributed by atoms with Crippen LogP contribution in [0.5, 0.6) is 0 Å². The van der Waals surface area contributed by atoms with Crippen molar-refractivity contribution in [3.05, 3.63) is 11.0 Å². The summed E-state index contributed by atoms with van der Waals surface area (Å²) in [5, 5.41) is 0. The molecule has 0 aliphatic carbocycles. The van der Waals surface area contributed by atoms with Crippen LogP contribution >= 0.6 is 15.9 Å². The van der Waals surface area contributed by atoms with Crippen LogP contribution in [0, 0.1) is 0 Å². The normalized spacial score (nSPS) is 20.9. The maximum absolute atomic E-state index is 5.05. The zero-order chi connectivity index (χ0) is 5.82. The molecule has 1 aliphatic heterocycles. The summed E-state index contributed by atoms with van der Waals surface area (Å²) in [7, 11) is -0.116. The van der Waals surface area contributed by atoms with Gasteiger partial charge in [0.25, 0.3) is 0 Å². The van der Waals surface area contributed by atoms with Gasteiger partial charge in [-0.25, -0.2) is 0 Å². The van der Waals surface area contributed by atoms with E-state index in [1.807, 2.05) is 5.98 Å². The lowest BCUT2D eigenvalue weighted by molar-refractivity contribution is 0.365. The van der Waals surface area contributed by atoms with Crippen LogP contribution in [0.4, 0.5) is 0 Å². The van der Waals surface area contributed by atoms with E-state index >= 15 is 0 Å². The third-order valence-corrected chi connectivity index (χ3v) is 1.18. The molecule has 2 nitrogen and oxygen atoms in total. The summed E-state index contributed by atoms with van der Waals surface area (Å²) in [6, 6.07) is 0. The Labute approximate surface area is 57.1 Å². The van der Waals surface area contributed by atoms with Crippen molar-refractivity contribution < 1.29 is 9.31 Å². The highest BCUT2D eigenvalue weighted by Gasteiger charge is 2.18. The summed E-state index contributed by atoms with van der Waals surface area (Å²) in [5.74, 6) is 1.81. The standard InChI is InChI=1S/C4H6BBrO2/c6-2-1-5-7-3-4-8-5/h1-2H,3-4H2. The molecule has 1 aliphatic rings. The first-order chi connectivity index (χ1) is 3.93. The van der Waals surface area contributed by atoms with Crippen molar-refractivity contribution in [3.8, 4) is 0 Å². The molecule has 0 amide bonds. The van der Waals surface area contributed by atoms with E-state index in [-0.39, 0.29) is 7.12 Å². The minimum absolute atomic E-state index is 0.116. The van der Waals surface area contributed by atoms with E-state index in [1.165, 1.54) is 0 Å². The summed E-state index contributed by atoms with van der Waals surface area (Å²) in [6.45, 7) is 1.42. The van der Waals surface area contributed by atoms with E-state index < -0.39 is 0 Å². The quantitative estimate of drug-likeness (QED) is 0.555. The Hall–Kier alpha value is 0.205.